The number of ether oxygens (including phenoxy) is 1. The highest BCUT2D eigenvalue weighted by Gasteiger charge is 2.29. The molecule has 2 aromatic carbocycles. The van der Waals surface area contributed by atoms with E-state index in [4.69, 9.17) is 9.15 Å². The van der Waals surface area contributed by atoms with Crippen molar-refractivity contribution in [3.63, 3.8) is 0 Å². The fourth-order valence-electron chi connectivity index (χ4n) is 4.64. The Kier molecular flexibility index (Phi) is 4.08. The summed E-state index contributed by atoms with van der Waals surface area (Å²) in [5, 5.41) is 16.4. The highest BCUT2D eigenvalue weighted by atomic mass is 16.5. The molecule has 0 fully saturated rings. The summed E-state index contributed by atoms with van der Waals surface area (Å²) in [4.78, 5) is 12.3. The van der Waals surface area contributed by atoms with E-state index in [-0.39, 0.29) is 17.4 Å². The second-order valence-electron chi connectivity index (χ2n) is 7.68. The molecular weight excluding hydrogens is 368 g/mol. The first-order valence-corrected chi connectivity index (χ1v) is 9.85. The lowest BCUT2D eigenvalue weighted by molar-refractivity contribution is 0.402. The van der Waals surface area contributed by atoms with Crippen molar-refractivity contribution in [1.82, 2.24) is 5.43 Å². The van der Waals surface area contributed by atoms with E-state index in [1.165, 1.54) is 0 Å². The highest BCUT2D eigenvalue weighted by Crippen LogP contribution is 2.40. The third-order valence-electron chi connectivity index (χ3n) is 5.99. The second kappa shape index (κ2) is 6.65. The van der Waals surface area contributed by atoms with Gasteiger partial charge in [-0.2, -0.15) is 5.10 Å². The van der Waals surface area contributed by atoms with Gasteiger partial charge in [-0.25, -0.2) is 4.79 Å². The number of methoxy groups -OCH3 is 1. The summed E-state index contributed by atoms with van der Waals surface area (Å²) in [7, 11) is 1.66. The van der Waals surface area contributed by atoms with Crippen LogP contribution in [0.25, 0.3) is 11.0 Å². The summed E-state index contributed by atoms with van der Waals surface area (Å²) < 4.78 is 11.0. The van der Waals surface area contributed by atoms with Gasteiger partial charge in [0.05, 0.1) is 24.2 Å². The number of fused-ring (bicyclic) bond motifs is 3. The van der Waals surface area contributed by atoms with Crippen molar-refractivity contribution in [2.75, 3.05) is 7.11 Å². The number of phenols is 1. The molecule has 0 bridgehead atoms. The molecule has 148 valence electrons. The minimum atomic E-state index is -0.285. The number of benzene rings is 2. The number of nitrogens with one attached hydrogen (secondary N) is 1. The molecule has 1 aliphatic heterocycles. The minimum Gasteiger partial charge on any atom is -0.506 e. The summed E-state index contributed by atoms with van der Waals surface area (Å²) >= 11 is 0. The van der Waals surface area contributed by atoms with E-state index in [0.717, 1.165) is 41.0 Å². The zero-order valence-corrected chi connectivity index (χ0v) is 16.4. The molecule has 0 saturated heterocycles. The first-order valence-electron chi connectivity index (χ1n) is 9.85. The number of hydrazone groups is 1. The Morgan fingerprint density at radius 1 is 1.24 bits per heavy atom. The van der Waals surface area contributed by atoms with Crippen molar-refractivity contribution in [3.05, 3.63) is 68.6 Å². The molecule has 1 atom stereocenters. The fraction of sp³-hybridized carbons (Fsp3) is 0.304. The van der Waals surface area contributed by atoms with Gasteiger partial charge in [0.2, 0.25) is 0 Å². The van der Waals surface area contributed by atoms with Crippen molar-refractivity contribution in [3.8, 4) is 11.5 Å². The predicted molar refractivity (Wildman–Crippen MR) is 111 cm³/mol. The molecule has 0 spiro atoms. The van der Waals surface area contributed by atoms with E-state index in [1.54, 1.807) is 7.11 Å². The molecule has 2 aliphatic rings. The molecule has 0 unspecified atom stereocenters. The van der Waals surface area contributed by atoms with Crippen LogP contribution in [0.15, 0.2) is 44.6 Å². The second-order valence-corrected chi connectivity index (χ2v) is 7.68. The van der Waals surface area contributed by atoms with Gasteiger partial charge >= 0.3 is 5.63 Å². The maximum absolute atomic E-state index is 12.3. The molecule has 0 amide bonds. The van der Waals surface area contributed by atoms with Crippen LogP contribution < -0.4 is 15.8 Å². The predicted octanol–water partition coefficient (Wildman–Crippen LogP) is 3.74. The Morgan fingerprint density at radius 3 is 2.86 bits per heavy atom. The fourth-order valence-corrected chi connectivity index (χ4v) is 4.64. The van der Waals surface area contributed by atoms with Crippen molar-refractivity contribution >= 4 is 16.7 Å². The molecule has 1 aliphatic carbocycles. The quantitative estimate of drug-likeness (QED) is 0.666. The number of rotatable bonds is 3. The molecule has 1 aromatic heterocycles. The van der Waals surface area contributed by atoms with Crippen molar-refractivity contribution in [2.45, 2.75) is 38.6 Å². The van der Waals surface area contributed by atoms with Crippen molar-refractivity contribution < 1.29 is 14.3 Å². The zero-order chi connectivity index (χ0) is 20.1. The molecule has 0 radical (unpaired) electrons. The van der Waals surface area contributed by atoms with Gasteiger partial charge in [0, 0.05) is 23.1 Å². The number of aryl methyl sites for hydroxylation is 2. The minimum absolute atomic E-state index is 0.0323. The zero-order valence-electron chi connectivity index (χ0n) is 16.4. The standard InChI is InChI=1S/C23H22N2O4/c1-12-10-19-21(13-7-5-8-14(13)23(27)29-19)22(26)20(12)17-11-16(24-25-17)15-6-3-4-9-18(15)28-2/h3-4,6,9-10,16,24,26H,5,7-8,11H2,1-2H3/t16-/m1/s1. The van der Waals surface area contributed by atoms with Gasteiger partial charge in [0.1, 0.15) is 17.1 Å². The number of phenolic OH excluding ortho intramolecular Hbond substituents is 1. The average Bonchev–Trinajstić information content (AvgIpc) is 3.38. The van der Waals surface area contributed by atoms with Crippen LogP contribution in [0.1, 0.15) is 46.7 Å². The van der Waals surface area contributed by atoms with E-state index in [1.807, 2.05) is 37.3 Å². The molecule has 3 aromatic rings. The molecule has 5 rings (SSSR count). The lowest BCUT2D eigenvalue weighted by Gasteiger charge is -2.15. The first-order chi connectivity index (χ1) is 14.1. The molecule has 2 N–H and O–H groups in total. The SMILES string of the molecule is COc1ccccc1[C@H]1CC(c2c(C)cc3oc(=O)c4c(c3c2O)CCC4)=NN1. The van der Waals surface area contributed by atoms with E-state index in [2.05, 4.69) is 10.5 Å². The third-order valence-corrected chi connectivity index (χ3v) is 5.99. The van der Waals surface area contributed by atoms with Gasteiger partial charge in [-0.05, 0) is 49.4 Å². The summed E-state index contributed by atoms with van der Waals surface area (Å²) in [6, 6.07) is 9.66. The number of hydrogen-bond acceptors (Lipinski definition) is 6. The molecule has 0 saturated carbocycles. The van der Waals surface area contributed by atoms with Crippen LogP contribution in [0.3, 0.4) is 0 Å². The maximum atomic E-state index is 12.3. The Bertz CT molecular complexity index is 1230. The Balaban J connectivity index is 1.60. The topological polar surface area (TPSA) is 84.1 Å². The van der Waals surface area contributed by atoms with Gasteiger partial charge in [0.15, 0.2) is 0 Å². The van der Waals surface area contributed by atoms with Crippen LogP contribution in [0.5, 0.6) is 11.5 Å². The summed E-state index contributed by atoms with van der Waals surface area (Å²) in [5.74, 6) is 0.962. The average molecular weight is 390 g/mol. The smallest absolute Gasteiger partial charge is 0.339 e. The van der Waals surface area contributed by atoms with E-state index in [0.29, 0.717) is 34.9 Å². The number of nitrogens with zero attached hydrogens (tertiary/aromatic N) is 1. The highest BCUT2D eigenvalue weighted by molar-refractivity contribution is 6.09. The molecule has 6 heteroatoms. The van der Waals surface area contributed by atoms with Crippen LogP contribution >= 0.6 is 0 Å². The van der Waals surface area contributed by atoms with Gasteiger partial charge in [-0.1, -0.05) is 18.2 Å². The Morgan fingerprint density at radius 2 is 2.03 bits per heavy atom. The lowest BCUT2D eigenvalue weighted by atomic mass is 9.92. The summed E-state index contributed by atoms with van der Waals surface area (Å²) in [5.41, 5.74) is 8.32. The maximum Gasteiger partial charge on any atom is 0.339 e. The van der Waals surface area contributed by atoms with E-state index >= 15 is 0 Å². The first kappa shape index (κ1) is 17.8. The number of para-hydroxylation sites is 1. The van der Waals surface area contributed by atoms with Gasteiger partial charge < -0.3 is 19.7 Å². The van der Waals surface area contributed by atoms with Gasteiger partial charge in [-0.3, -0.25) is 0 Å². The normalized spacial score (nSPS) is 17.9. The molecule has 6 nitrogen and oxygen atoms in total. The van der Waals surface area contributed by atoms with Crippen LogP contribution in [0, 0.1) is 6.92 Å². The number of hydrogen-bond donors (Lipinski definition) is 2. The van der Waals surface area contributed by atoms with Crippen LogP contribution in [-0.2, 0) is 12.8 Å². The van der Waals surface area contributed by atoms with Crippen molar-refractivity contribution in [1.29, 1.82) is 0 Å². The summed E-state index contributed by atoms with van der Waals surface area (Å²) in [6.45, 7) is 1.90. The van der Waals surface area contributed by atoms with Crippen LogP contribution in [-0.4, -0.2) is 17.9 Å². The Labute approximate surface area is 167 Å². The molecule has 2 heterocycles. The lowest BCUT2D eigenvalue weighted by Crippen LogP contribution is -2.11. The van der Waals surface area contributed by atoms with Crippen LogP contribution in [0.2, 0.25) is 0 Å². The molecule has 29 heavy (non-hydrogen) atoms. The summed E-state index contributed by atoms with van der Waals surface area (Å²) in [6.07, 6.45) is 3.01. The van der Waals surface area contributed by atoms with Gasteiger partial charge in [-0.15, -0.1) is 0 Å². The van der Waals surface area contributed by atoms with Gasteiger partial charge in [0.25, 0.3) is 0 Å². The van der Waals surface area contributed by atoms with E-state index < -0.39 is 0 Å². The largest absolute Gasteiger partial charge is 0.506 e. The Hall–Kier alpha value is -3.28. The number of aromatic hydroxyl groups is 1. The third kappa shape index (κ3) is 2.70. The van der Waals surface area contributed by atoms with E-state index in [9.17, 15) is 9.90 Å². The molecular formula is C23H22N2O4. The monoisotopic (exact) mass is 390 g/mol. The van der Waals surface area contributed by atoms with Crippen LogP contribution in [0.4, 0.5) is 0 Å². The van der Waals surface area contributed by atoms with Crippen molar-refractivity contribution in [2.24, 2.45) is 5.10 Å².